The fourth-order valence-electron chi connectivity index (χ4n) is 1.93. The number of halogens is 1. The van der Waals surface area contributed by atoms with E-state index in [4.69, 9.17) is 0 Å². The number of hydrogen-bond acceptors (Lipinski definition) is 3. The number of rotatable bonds is 4. The second-order valence-electron chi connectivity index (χ2n) is 3.82. The predicted molar refractivity (Wildman–Crippen MR) is 68.8 cm³/mol. The van der Waals surface area contributed by atoms with E-state index >= 15 is 0 Å². The molecule has 0 aliphatic carbocycles. The Morgan fingerprint density at radius 2 is 2.29 bits per heavy atom. The van der Waals surface area contributed by atoms with Crippen LogP contribution < -0.4 is 5.32 Å². The van der Waals surface area contributed by atoms with Crippen LogP contribution in [0, 0.1) is 5.82 Å². The van der Waals surface area contributed by atoms with Crippen molar-refractivity contribution in [1.82, 2.24) is 10.3 Å². The first-order chi connectivity index (χ1) is 8.26. The molecular weight excluding hydrogens is 235 g/mol. The third kappa shape index (κ3) is 2.53. The number of thiophene rings is 1. The van der Waals surface area contributed by atoms with E-state index < -0.39 is 0 Å². The zero-order valence-electron chi connectivity index (χ0n) is 9.90. The lowest BCUT2D eigenvalue weighted by atomic mass is 10.0. The van der Waals surface area contributed by atoms with Crippen molar-refractivity contribution in [2.75, 3.05) is 7.05 Å². The number of pyridine rings is 1. The third-order valence-electron chi connectivity index (χ3n) is 2.77. The zero-order valence-corrected chi connectivity index (χ0v) is 10.7. The molecule has 17 heavy (non-hydrogen) atoms. The highest BCUT2D eigenvalue weighted by Gasteiger charge is 2.17. The summed E-state index contributed by atoms with van der Waals surface area (Å²) in [5, 5.41) is 5.30. The van der Waals surface area contributed by atoms with Gasteiger partial charge in [0.15, 0.2) is 0 Å². The highest BCUT2D eigenvalue weighted by molar-refractivity contribution is 7.10. The SMILES string of the molecule is CCc1ccsc1C(NC)c1cncc(F)c1. The summed E-state index contributed by atoms with van der Waals surface area (Å²) in [5.74, 6) is -0.294. The molecule has 0 aliphatic heterocycles. The monoisotopic (exact) mass is 250 g/mol. The van der Waals surface area contributed by atoms with Crippen molar-refractivity contribution < 1.29 is 4.39 Å². The van der Waals surface area contributed by atoms with Gasteiger partial charge in [0.1, 0.15) is 5.82 Å². The van der Waals surface area contributed by atoms with Gasteiger partial charge < -0.3 is 5.32 Å². The second-order valence-corrected chi connectivity index (χ2v) is 4.77. The van der Waals surface area contributed by atoms with E-state index in [0.29, 0.717) is 0 Å². The van der Waals surface area contributed by atoms with Crippen LogP contribution in [-0.2, 0) is 6.42 Å². The summed E-state index contributed by atoms with van der Waals surface area (Å²) >= 11 is 1.69. The van der Waals surface area contributed by atoms with Crippen LogP contribution in [0.2, 0.25) is 0 Å². The van der Waals surface area contributed by atoms with Crippen molar-refractivity contribution in [2.45, 2.75) is 19.4 Å². The molecule has 0 spiro atoms. The lowest BCUT2D eigenvalue weighted by Crippen LogP contribution is -2.18. The molecular formula is C13H15FN2S. The fourth-order valence-corrected chi connectivity index (χ4v) is 3.06. The van der Waals surface area contributed by atoms with Crippen molar-refractivity contribution in [2.24, 2.45) is 0 Å². The first-order valence-electron chi connectivity index (χ1n) is 5.60. The summed E-state index contributed by atoms with van der Waals surface area (Å²) in [6.07, 6.45) is 3.93. The minimum Gasteiger partial charge on any atom is -0.309 e. The molecule has 0 saturated carbocycles. The van der Waals surface area contributed by atoms with Crippen LogP contribution in [0.25, 0.3) is 0 Å². The molecule has 2 rings (SSSR count). The Morgan fingerprint density at radius 1 is 1.47 bits per heavy atom. The van der Waals surface area contributed by atoms with Crippen LogP contribution in [0.1, 0.15) is 29.0 Å². The number of aryl methyl sites for hydroxylation is 1. The summed E-state index contributed by atoms with van der Waals surface area (Å²) in [6, 6.07) is 3.68. The van der Waals surface area contributed by atoms with E-state index in [-0.39, 0.29) is 11.9 Å². The smallest absolute Gasteiger partial charge is 0.141 e. The van der Waals surface area contributed by atoms with Gasteiger partial charge in [-0.05, 0) is 42.1 Å². The largest absolute Gasteiger partial charge is 0.309 e. The fraction of sp³-hybridized carbons (Fsp3) is 0.308. The highest BCUT2D eigenvalue weighted by atomic mass is 32.1. The van der Waals surface area contributed by atoms with Crippen molar-refractivity contribution in [3.8, 4) is 0 Å². The Hall–Kier alpha value is -1.26. The molecule has 2 aromatic heterocycles. The van der Waals surface area contributed by atoms with Crippen molar-refractivity contribution in [3.63, 3.8) is 0 Å². The standard InChI is InChI=1S/C13H15FN2S/c1-3-9-4-5-17-13(9)12(15-2)10-6-11(14)8-16-7-10/h4-8,12,15H,3H2,1-2H3. The Morgan fingerprint density at radius 3 is 2.94 bits per heavy atom. The number of aromatic nitrogens is 1. The van der Waals surface area contributed by atoms with Crippen LogP contribution in [-0.4, -0.2) is 12.0 Å². The molecule has 2 nitrogen and oxygen atoms in total. The molecule has 0 saturated heterocycles. The molecule has 0 bridgehead atoms. The molecule has 0 amide bonds. The summed E-state index contributed by atoms with van der Waals surface area (Å²) in [7, 11) is 1.88. The first kappa shape index (κ1) is 12.2. The quantitative estimate of drug-likeness (QED) is 0.901. The molecule has 0 aromatic carbocycles. The minimum absolute atomic E-state index is 0.0214. The summed E-state index contributed by atoms with van der Waals surface area (Å²) in [5.41, 5.74) is 2.17. The molecule has 2 aromatic rings. The van der Waals surface area contributed by atoms with Crippen LogP contribution in [0.3, 0.4) is 0 Å². The number of nitrogens with one attached hydrogen (secondary N) is 1. The van der Waals surface area contributed by atoms with Crippen molar-refractivity contribution >= 4 is 11.3 Å². The van der Waals surface area contributed by atoms with Gasteiger partial charge in [0.05, 0.1) is 12.2 Å². The predicted octanol–water partition coefficient (Wildman–Crippen LogP) is 3.15. The normalized spacial score (nSPS) is 12.6. The van der Waals surface area contributed by atoms with Crippen molar-refractivity contribution in [1.29, 1.82) is 0 Å². The number of hydrogen-bond donors (Lipinski definition) is 1. The molecule has 0 radical (unpaired) electrons. The summed E-state index contributed by atoms with van der Waals surface area (Å²) in [4.78, 5) is 5.15. The maximum Gasteiger partial charge on any atom is 0.141 e. The topological polar surface area (TPSA) is 24.9 Å². The lowest BCUT2D eigenvalue weighted by Gasteiger charge is -2.16. The van der Waals surface area contributed by atoms with Gasteiger partial charge in [-0.2, -0.15) is 0 Å². The van der Waals surface area contributed by atoms with E-state index in [9.17, 15) is 4.39 Å². The van der Waals surface area contributed by atoms with Gasteiger partial charge in [-0.25, -0.2) is 4.39 Å². The third-order valence-corrected chi connectivity index (χ3v) is 3.80. The molecule has 4 heteroatoms. The van der Waals surface area contributed by atoms with Crippen molar-refractivity contribution in [3.05, 3.63) is 51.7 Å². The Balaban J connectivity index is 2.40. The van der Waals surface area contributed by atoms with Gasteiger partial charge in [0.2, 0.25) is 0 Å². The van der Waals surface area contributed by atoms with E-state index in [1.807, 2.05) is 7.05 Å². The molecule has 1 N–H and O–H groups in total. The minimum atomic E-state index is -0.294. The van der Waals surface area contributed by atoms with Gasteiger partial charge in [-0.1, -0.05) is 6.92 Å². The van der Waals surface area contributed by atoms with Crippen LogP contribution in [0.4, 0.5) is 4.39 Å². The van der Waals surface area contributed by atoms with Gasteiger partial charge in [-0.3, -0.25) is 4.98 Å². The van der Waals surface area contributed by atoms with Gasteiger partial charge in [-0.15, -0.1) is 11.3 Å². The second kappa shape index (κ2) is 5.38. The van der Waals surface area contributed by atoms with E-state index in [0.717, 1.165) is 12.0 Å². The first-order valence-corrected chi connectivity index (χ1v) is 6.48. The Kier molecular flexibility index (Phi) is 3.86. The summed E-state index contributed by atoms with van der Waals surface area (Å²) in [6.45, 7) is 2.13. The number of nitrogens with zero attached hydrogens (tertiary/aromatic N) is 1. The molecule has 2 heterocycles. The van der Waals surface area contributed by atoms with E-state index in [1.54, 1.807) is 17.5 Å². The van der Waals surface area contributed by atoms with Crippen LogP contribution in [0.5, 0.6) is 0 Å². The Labute approximate surface area is 105 Å². The molecule has 1 atom stereocenters. The maximum absolute atomic E-state index is 13.2. The van der Waals surface area contributed by atoms with Crippen LogP contribution >= 0.6 is 11.3 Å². The molecule has 1 unspecified atom stereocenters. The zero-order chi connectivity index (χ0) is 12.3. The average Bonchev–Trinajstić information content (AvgIpc) is 2.78. The van der Waals surface area contributed by atoms with E-state index in [2.05, 4.69) is 28.7 Å². The molecule has 90 valence electrons. The van der Waals surface area contributed by atoms with Crippen LogP contribution in [0.15, 0.2) is 29.9 Å². The maximum atomic E-state index is 13.2. The highest BCUT2D eigenvalue weighted by Crippen LogP contribution is 2.29. The summed E-state index contributed by atoms with van der Waals surface area (Å²) < 4.78 is 13.2. The van der Waals surface area contributed by atoms with Gasteiger partial charge in [0.25, 0.3) is 0 Å². The Bertz CT molecular complexity index is 496. The van der Waals surface area contributed by atoms with E-state index in [1.165, 1.54) is 22.7 Å². The van der Waals surface area contributed by atoms with Gasteiger partial charge >= 0.3 is 0 Å². The van der Waals surface area contributed by atoms with Gasteiger partial charge in [0, 0.05) is 11.1 Å². The molecule has 0 fully saturated rings. The molecule has 0 aliphatic rings. The average molecular weight is 250 g/mol. The lowest BCUT2D eigenvalue weighted by molar-refractivity contribution is 0.609.